The Bertz CT molecular complexity index is 1220. The summed E-state index contributed by atoms with van der Waals surface area (Å²) in [6.45, 7) is 4.68. The van der Waals surface area contributed by atoms with Gasteiger partial charge in [-0.2, -0.15) is 0 Å². The summed E-state index contributed by atoms with van der Waals surface area (Å²) in [5, 5.41) is 5.39. The van der Waals surface area contributed by atoms with Crippen LogP contribution >= 0.6 is 0 Å². The van der Waals surface area contributed by atoms with E-state index in [0.717, 1.165) is 23.9 Å². The van der Waals surface area contributed by atoms with Gasteiger partial charge in [0.2, 0.25) is 0 Å². The van der Waals surface area contributed by atoms with Crippen LogP contribution < -0.4 is 9.80 Å². The average molecular weight is 395 g/mol. The van der Waals surface area contributed by atoms with Crippen LogP contribution in [0.2, 0.25) is 0 Å². The maximum absolute atomic E-state index is 4.95. The smallest absolute Gasteiger partial charge is 0.0823 e. The van der Waals surface area contributed by atoms with E-state index in [4.69, 9.17) is 9.97 Å². The Morgan fingerprint density at radius 2 is 1.07 bits per heavy atom. The quantitative estimate of drug-likeness (QED) is 0.436. The van der Waals surface area contributed by atoms with E-state index >= 15 is 0 Å². The van der Waals surface area contributed by atoms with E-state index in [1.54, 1.807) is 11.1 Å². The molecule has 0 bridgehead atoms. The molecule has 30 heavy (non-hydrogen) atoms. The second-order valence-electron chi connectivity index (χ2n) is 9.09. The van der Waals surface area contributed by atoms with Crippen molar-refractivity contribution in [3.63, 3.8) is 0 Å². The molecule has 4 heteroatoms. The summed E-state index contributed by atoms with van der Waals surface area (Å²) in [7, 11) is 0. The normalized spacial score (nSPS) is 18.5. The van der Waals surface area contributed by atoms with Crippen molar-refractivity contribution in [2.45, 2.75) is 38.5 Å². The summed E-state index contributed by atoms with van der Waals surface area (Å²) in [6.07, 6.45) is 11.4. The van der Waals surface area contributed by atoms with Crippen LogP contribution in [0.5, 0.6) is 0 Å². The van der Waals surface area contributed by atoms with Crippen LogP contribution in [0.3, 0.4) is 0 Å². The highest BCUT2D eigenvalue weighted by Crippen LogP contribution is 2.50. The number of benzene rings is 2. The number of fused-ring (bicyclic) bond motifs is 4. The fourth-order valence-electron chi connectivity index (χ4n) is 6.33. The predicted octanol–water partition coefficient (Wildman–Crippen LogP) is 5.24. The Hall–Kier alpha value is -2.88. The van der Waals surface area contributed by atoms with E-state index < -0.39 is 0 Å². The van der Waals surface area contributed by atoms with E-state index in [2.05, 4.69) is 34.1 Å². The Labute approximate surface area is 176 Å². The van der Waals surface area contributed by atoms with E-state index in [-0.39, 0.29) is 0 Å². The molecule has 3 aliphatic rings. The van der Waals surface area contributed by atoms with Gasteiger partial charge in [-0.1, -0.05) is 0 Å². The zero-order chi connectivity index (χ0) is 19.7. The molecule has 4 nitrogen and oxygen atoms in total. The van der Waals surface area contributed by atoms with Gasteiger partial charge in [0.1, 0.15) is 0 Å². The Morgan fingerprint density at radius 1 is 0.600 bits per heavy atom. The van der Waals surface area contributed by atoms with Crippen LogP contribution in [-0.2, 0) is 12.8 Å². The van der Waals surface area contributed by atoms with Crippen LogP contribution in [0.1, 0.15) is 36.8 Å². The fourth-order valence-corrected chi connectivity index (χ4v) is 6.33. The Kier molecular flexibility index (Phi) is 3.55. The van der Waals surface area contributed by atoms with Crippen molar-refractivity contribution in [1.82, 2.24) is 9.97 Å². The number of aryl methyl sites for hydroxylation is 2. The third kappa shape index (κ3) is 2.17. The van der Waals surface area contributed by atoms with Crippen molar-refractivity contribution in [3.05, 3.63) is 47.8 Å². The van der Waals surface area contributed by atoms with Gasteiger partial charge in [0, 0.05) is 54.7 Å². The summed E-state index contributed by atoms with van der Waals surface area (Å²) in [5.74, 6) is 0. The maximum atomic E-state index is 4.95. The van der Waals surface area contributed by atoms with Crippen molar-refractivity contribution in [2.24, 2.45) is 0 Å². The first-order chi connectivity index (χ1) is 14.9. The van der Waals surface area contributed by atoms with Gasteiger partial charge in [0.05, 0.1) is 22.4 Å². The second-order valence-corrected chi connectivity index (χ2v) is 9.09. The predicted molar refractivity (Wildman–Crippen MR) is 125 cm³/mol. The molecule has 2 saturated heterocycles. The number of anilines is 2. The lowest BCUT2D eigenvalue weighted by Crippen LogP contribution is -2.20. The molecule has 2 fully saturated rings. The molecule has 2 aromatic heterocycles. The summed E-state index contributed by atoms with van der Waals surface area (Å²) >= 11 is 0. The van der Waals surface area contributed by atoms with Gasteiger partial charge < -0.3 is 9.80 Å². The minimum Gasteiger partial charge on any atom is -0.371 e. The minimum absolute atomic E-state index is 1.14. The van der Waals surface area contributed by atoms with E-state index in [0.29, 0.717) is 0 Å². The molecule has 0 spiro atoms. The summed E-state index contributed by atoms with van der Waals surface area (Å²) in [4.78, 5) is 15.2. The van der Waals surface area contributed by atoms with Crippen LogP contribution in [0, 0.1) is 0 Å². The second kappa shape index (κ2) is 6.31. The molecule has 150 valence electrons. The van der Waals surface area contributed by atoms with Gasteiger partial charge in [-0.3, -0.25) is 9.97 Å². The lowest BCUT2D eigenvalue weighted by atomic mass is 9.94. The zero-order valence-electron chi connectivity index (χ0n) is 17.3. The number of aromatic nitrogens is 2. The monoisotopic (exact) mass is 394 g/mol. The molecule has 1 aliphatic carbocycles. The van der Waals surface area contributed by atoms with Crippen molar-refractivity contribution >= 4 is 44.0 Å². The number of hydrogen-bond acceptors (Lipinski definition) is 4. The highest BCUT2D eigenvalue weighted by atomic mass is 15.2. The first-order valence-corrected chi connectivity index (χ1v) is 11.5. The number of pyridine rings is 2. The molecule has 0 atom stereocenters. The van der Waals surface area contributed by atoms with Gasteiger partial charge in [0.15, 0.2) is 0 Å². The average Bonchev–Trinajstić information content (AvgIpc) is 3.56. The Balaban J connectivity index is 1.70. The van der Waals surface area contributed by atoms with E-state index in [9.17, 15) is 0 Å². The third-order valence-corrected chi connectivity index (χ3v) is 7.49. The molecule has 7 rings (SSSR count). The lowest BCUT2D eigenvalue weighted by molar-refractivity contribution is 0.933. The standard InChI is InChI=1S/C26H26N4/c1-2-14-29(13-1)25-17-9-10-18-21(17)22(23-19(25)7-5-11-27-23)24-20(8-6-12-28-24)26(18)30-15-3-4-16-30/h5-8,11-12H,1-4,9-10,13-16H2. The topological polar surface area (TPSA) is 32.3 Å². The molecular weight excluding hydrogens is 368 g/mol. The fraction of sp³-hybridized carbons (Fsp3) is 0.385. The molecule has 0 saturated carbocycles. The van der Waals surface area contributed by atoms with Crippen molar-refractivity contribution in [1.29, 1.82) is 0 Å². The maximum Gasteiger partial charge on any atom is 0.0823 e. The van der Waals surface area contributed by atoms with Crippen LogP contribution in [0.25, 0.3) is 32.6 Å². The van der Waals surface area contributed by atoms with Crippen LogP contribution in [0.4, 0.5) is 11.4 Å². The lowest BCUT2D eigenvalue weighted by Gasteiger charge is -2.26. The van der Waals surface area contributed by atoms with Gasteiger partial charge >= 0.3 is 0 Å². The Morgan fingerprint density at radius 3 is 1.53 bits per heavy atom. The molecule has 0 unspecified atom stereocenters. The highest BCUT2D eigenvalue weighted by Gasteiger charge is 2.31. The van der Waals surface area contributed by atoms with Crippen molar-refractivity contribution in [2.75, 3.05) is 36.0 Å². The minimum atomic E-state index is 1.14. The zero-order valence-corrected chi connectivity index (χ0v) is 17.3. The van der Waals surface area contributed by atoms with Gasteiger partial charge in [-0.15, -0.1) is 0 Å². The summed E-state index contributed by atoms with van der Waals surface area (Å²) in [6, 6.07) is 8.77. The highest BCUT2D eigenvalue weighted by molar-refractivity contribution is 6.26. The number of rotatable bonds is 2. The summed E-state index contributed by atoms with van der Waals surface area (Å²) in [5.41, 5.74) is 8.30. The molecular formula is C26H26N4. The van der Waals surface area contributed by atoms with E-state index in [1.807, 2.05) is 12.4 Å². The first kappa shape index (κ1) is 16.9. The van der Waals surface area contributed by atoms with Crippen LogP contribution in [-0.4, -0.2) is 36.1 Å². The first-order valence-electron chi connectivity index (χ1n) is 11.5. The van der Waals surface area contributed by atoms with Gasteiger partial charge in [-0.25, -0.2) is 0 Å². The number of hydrogen-bond donors (Lipinski definition) is 0. The molecule has 2 aromatic carbocycles. The van der Waals surface area contributed by atoms with Crippen molar-refractivity contribution in [3.8, 4) is 0 Å². The summed E-state index contributed by atoms with van der Waals surface area (Å²) < 4.78 is 0. The molecule has 0 N–H and O–H groups in total. The van der Waals surface area contributed by atoms with E-state index in [1.165, 1.54) is 84.8 Å². The molecule has 0 radical (unpaired) electrons. The molecule has 0 amide bonds. The molecule has 4 aromatic rings. The molecule has 4 heterocycles. The van der Waals surface area contributed by atoms with Crippen molar-refractivity contribution < 1.29 is 0 Å². The van der Waals surface area contributed by atoms with Crippen LogP contribution in [0.15, 0.2) is 36.7 Å². The SMILES string of the molecule is c1cnc2c(c1)c(N1CCCC1)c1c3c(c(N4CCCC4)c4cccnc4c32)CC1. The number of nitrogens with zero attached hydrogens (tertiary/aromatic N) is 4. The molecule has 2 aliphatic heterocycles. The third-order valence-electron chi connectivity index (χ3n) is 7.49. The largest absolute Gasteiger partial charge is 0.371 e. The van der Waals surface area contributed by atoms with Gasteiger partial charge in [-0.05, 0) is 79.3 Å². The van der Waals surface area contributed by atoms with Gasteiger partial charge in [0.25, 0.3) is 0 Å².